The first-order valence-corrected chi connectivity index (χ1v) is 4.43. The second-order valence-corrected chi connectivity index (χ2v) is 3.31. The SMILES string of the molecule is NCc1nc(OC(F)(F)F)cc(Br)c1F. The van der Waals surface area contributed by atoms with Gasteiger partial charge in [-0.3, -0.25) is 0 Å². The quantitative estimate of drug-likeness (QED) is 0.850. The van der Waals surface area contributed by atoms with E-state index in [2.05, 4.69) is 25.7 Å². The van der Waals surface area contributed by atoms with Gasteiger partial charge in [-0.2, -0.15) is 0 Å². The molecule has 15 heavy (non-hydrogen) atoms. The van der Waals surface area contributed by atoms with Gasteiger partial charge in [0.05, 0.1) is 10.2 Å². The van der Waals surface area contributed by atoms with E-state index in [9.17, 15) is 17.6 Å². The Hall–Kier alpha value is -0.890. The first kappa shape index (κ1) is 12.2. The highest BCUT2D eigenvalue weighted by atomic mass is 79.9. The molecule has 0 saturated carbocycles. The summed E-state index contributed by atoms with van der Waals surface area (Å²) in [5.74, 6) is -1.55. The van der Waals surface area contributed by atoms with E-state index in [4.69, 9.17) is 5.73 Å². The number of aromatic nitrogens is 1. The van der Waals surface area contributed by atoms with Crippen molar-refractivity contribution in [2.24, 2.45) is 5.73 Å². The molecule has 0 aliphatic heterocycles. The molecule has 1 rings (SSSR count). The fourth-order valence-corrected chi connectivity index (χ4v) is 1.25. The number of rotatable bonds is 2. The highest BCUT2D eigenvalue weighted by Gasteiger charge is 2.32. The molecular formula is C7H5BrF4N2O. The Kier molecular flexibility index (Phi) is 3.50. The molecule has 1 aromatic heterocycles. The monoisotopic (exact) mass is 288 g/mol. The lowest BCUT2D eigenvalue weighted by atomic mass is 10.3. The van der Waals surface area contributed by atoms with Crippen molar-refractivity contribution >= 4 is 15.9 Å². The van der Waals surface area contributed by atoms with Crippen LogP contribution in [0.3, 0.4) is 0 Å². The van der Waals surface area contributed by atoms with E-state index in [1.165, 1.54) is 0 Å². The lowest BCUT2D eigenvalue weighted by Gasteiger charge is -2.09. The number of nitrogens with zero attached hydrogens (tertiary/aromatic N) is 1. The van der Waals surface area contributed by atoms with Crippen LogP contribution >= 0.6 is 15.9 Å². The average molecular weight is 289 g/mol. The third-order valence-electron chi connectivity index (χ3n) is 1.37. The van der Waals surface area contributed by atoms with Crippen molar-refractivity contribution in [2.45, 2.75) is 12.9 Å². The largest absolute Gasteiger partial charge is 0.574 e. The highest BCUT2D eigenvalue weighted by molar-refractivity contribution is 9.10. The van der Waals surface area contributed by atoms with Crippen LogP contribution in [0, 0.1) is 5.82 Å². The Morgan fingerprint density at radius 2 is 2.07 bits per heavy atom. The molecule has 8 heteroatoms. The number of hydrogen-bond donors (Lipinski definition) is 1. The van der Waals surface area contributed by atoms with Crippen LogP contribution in [-0.2, 0) is 6.54 Å². The van der Waals surface area contributed by atoms with Gasteiger partial charge in [-0.05, 0) is 15.9 Å². The molecule has 0 atom stereocenters. The Bertz CT molecular complexity index is 369. The Morgan fingerprint density at radius 1 is 1.47 bits per heavy atom. The predicted molar refractivity (Wildman–Crippen MR) is 46.5 cm³/mol. The number of ether oxygens (including phenoxy) is 1. The van der Waals surface area contributed by atoms with E-state index in [-0.39, 0.29) is 16.7 Å². The Labute approximate surface area is 90.4 Å². The minimum absolute atomic E-state index is 0.183. The molecule has 0 spiro atoms. The van der Waals surface area contributed by atoms with E-state index in [0.29, 0.717) is 0 Å². The second-order valence-electron chi connectivity index (χ2n) is 2.45. The fourth-order valence-electron chi connectivity index (χ4n) is 0.830. The zero-order chi connectivity index (χ0) is 11.6. The minimum atomic E-state index is -4.86. The topological polar surface area (TPSA) is 48.1 Å². The van der Waals surface area contributed by atoms with Gasteiger partial charge in [0, 0.05) is 12.6 Å². The summed E-state index contributed by atoms with van der Waals surface area (Å²) in [7, 11) is 0. The van der Waals surface area contributed by atoms with Gasteiger partial charge in [0.25, 0.3) is 0 Å². The molecule has 1 heterocycles. The molecule has 0 radical (unpaired) electrons. The zero-order valence-corrected chi connectivity index (χ0v) is 8.69. The Morgan fingerprint density at radius 3 is 2.53 bits per heavy atom. The van der Waals surface area contributed by atoms with Crippen LogP contribution in [0.25, 0.3) is 0 Å². The van der Waals surface area contributed by atoms with Crippen molar-refractivity contribution in [1.29, 1.82) is 0 Å². The van der Waals surface area contributed by atoms with Crippen LogP contribution in [0.1, 0.15) is 5.69 Å². The van der Waals surface area contributed by atoms with E-state index in [0.717, 1.165) is 6.07 Å². The summed E-state index contributed by atoms with van der Waals surface area (Å²) in [4.78, 5) is 3.26. The first-order valence-electron chi connectivity index (χ1n) is 3.64. The molecule has 0 aliphatic carbocycles. The molecule has 1 aromatic rings. The van der Waals surface area contributed by atoms with E-state index < -0.39 is 18.1 Å². The standard InChI is InChI=1S/C7H5BrF4N2O/c8-3-1-5(15-7(10,11)12)14-4(2-13)6(3)9/h1H,2,13H2. The van der Waals surface area contributed by atoms with Gasteiger partial charge < -0.3 is 10.5 Å². The van der Waals surface area contributed by atoms with Crippen LogP contribution in [0.2, 0.25) is 0 Å². The third-order valence-corrected chi connectivity index (χ3v) is 1.95. The zero-order valence-electron chi connectivity index (χ0n) is 7.11. The van der Waals surface area contributed by atoms with E-state index in [1.807, 2.05) is 0 Å². The number of hydrogen-bond acceptors (Lipinski definition) is 3. The second kappa shape index (κ2) is 4.31. The maximum Gasteiger partial charge on any atom is 0.574 e. The molecule has 0 saturated heterocycles. The maximum absolute atomic E-state index is 13.1. The molecule has 0 fully saturated rings. The van der Waals surface area contributed by atoms with Crippen molar-refractivity contribution in [3.05, 3.63) is 22.1 Å². The maximum atomic E-state index is 13.1. The smallest absolute Gasteiger partial charge is 0.388 e. The molecule has 0 bridgehead atoms. The summed E-state index contributed by atoms with van der Waals surface area (Å²) in [6.45, 7) is -0.320. The summed E-state index contributed by atoms with van der Waals surface area (Å²) in [5.41, 5.74) is 4.79. The minimum Gasteiger partial charge on any atom is -0.388 e. The lowest BCUT2D eigenvalue weighted by Crippen LogP contribution is -2.19. The van der Waals surface area contributed by atoms with Crippen LogP contribution in [0.15, 0.2) is 10.5 Å². The fraction of sp³-hybridized carbons (Fsp3) is 0.286. The van der Waals surface area contributed by atoms with Crippen molar-refractivity contribution in [1.82, 2.24) is 4.98 Å². The summed E-state index contributed by atoms with van der Waals surface area (Å²) in [6.07, 6.45) is -4.86. The lowest BCUT2D eigenvalue weighted by molar-refractivity contribution is -0.276. The summed E-state index contributed by atoms with van der Waals surface area (Å²) in [6, 6.07) is 0.780. The van der Waals surface area contributed by atoms with Gasteiger partial charge in [-0.1, -0.05) is 0 Å². The van der Waals surface area contributed by atoms with Crippen molar-refractivity contribution < 1.29 is 22.3 Å². The summed E-state index contributed by atoms with van der Waals surface area (Å²) < 4.78 is 51.8. The number of pyridine rings is 1. The van der Waals surface area contributed by atoms with Crippen LogP contribution < -0.4 is 10.5 Å². The van der Waals surface area contributed by atoms with Gasteiger partial charge in [-0.25, -0.2) is 9.37 Å². The first-order chi connectivity index (χ1) is 6.83. The van der Waals surface area contributed by atoms with Crippen molar-refractivity contribution in [2.75, 3.05) is 0 Å². The molecular weight excluding hydrogens is 284 g/mol. The van der Waals surface area contributed by atoms with Gasteiger partial charge in [0.2, 0.25) is 5.88 Å². The van der Waals surface area contributed by atoms with Gasteiger partial charge in [0.1, 0.15) is 0 Å². The average Bonchev–Trinajstić information content (AvgIpc) is 2.08. The van der Waals surface area contributed by atoms with Gasteiger partial charge in [0.15, 0.2) is 5.82 Å². The van der Waals surface area contributed by atoms with Crippen molar-refractivity contribution in [3.63, 3.8) is 0 Å². The van der Waals surface area contributed by atoms with Crippen molar-refractivity contribution in [3.8, 4) is 5.88 Å². The van der Waals surface area contributed by atoms with Crippen LogP contribution in [0.5, 0.6) is 5.88 Å². The molecule has 0 amide bonds. The van der Waals surface area contributed by atoms with Gasteiger partial charge in [-0.15, -0.1) is 13.2 Å². The van der Waals surface area contributed by atoms with E-state index >= 15 is 0 Å². The van der Waals surface area contributed by atoms with Gasteiger partial charge >= 0.3 is 6.36 Å². The number of halogens is 5. The van der Waals surface area contributed by atoms with E-state index in [1.54, 1.807) is 0 Å². The predicted octanol–water partition coefficient (Wildman–Crippen LogP) is 2.34. The molecule has 3 nitrogen and oxygen atoms in total. The van der Waals surface area contributed by atoms with Crippen LogP contribution in [0.4, 0.5) is 17.6 Å². The number of nitrogens with two attached hydrogens (primary N) is 1. The van der Waals surface area contributed by atoms with Crippen LogP contribution in [-0.4, -0.2) is 11.3 Å². The molecule has 84 valence electrons. The summed E-state index contributed by atoms with van der Waals surface area (Å²) >= 11 is 2.73. The molecule has 2 N–H and O–H groups in total. The molecule has 0 aliphatic rings. The molecule has 0 unspecified atom stereocenters. The molecule has 0 aromatic carbocycles. The Balaban J connectivity index is 3.06. The highest BCUT2D eigenvalue weighted by Crippen LogP contribution is 2.26. The third kappa shape index (κ3) is 3.31. The summed E-state index contributed by atoms with van der Waals surface area (Å²) in [5, 5.41) is 0. The number of alkyl halides is 3. The normalized spacial score (nSPS) is 11.6.